The average Bonchev–Trinajstić information content (AvgIpc) is 2.48. The molecule has 0 radical (unpaired) electrons. The number of benzene rings is 2. The van der Waals surface area contributed by atoms with Crippen LogP contribution in [0.3, 0.4) is 0 Å². The number of rotatable bonds is 6. The molecule has 2 rings (SSSR count). The molecule has 0 aromatic heterocycles. The van der Waals surface area contributed by atoms with Gasteiger partial charge in [0.05, 0.1) is 5.75 Å². The molecule has 0 amide bonds. The molecule has 3 nitrogen and oxygen atoms in total. The van der Waals surface area contributed by atoms with Gasteiger partial charge in [0.2, 0.25) is 10.0 Å². The number of halogens is 2. The fourth-order valence-corrected chi connectivity index (χ4v) is 2.85. The molecule has 1 N–H and O–H groups in total. The second-order valence-corrected chi connectivity index (χ2v) is 6.55. The Morgan fingerprint density at radius 3 is 2.29 bits per heavy atom. The van der Waals surface area contributed by atoms with Crippen LogP contribution >= 0.6 is 0 Å². The van der Waals surface area contributed by atoms with Crippen molar-refractivity contribution in [1.82, 2.24) is 4.72 Å². The zero-order valence-corrected chi connectivity index (χ0v) is 12.0. The number of aryl methyl sites for hydroxylation is 1. The van der Waals surface area contributed by atoms with Gasteiger partial charge in [-0.1, -0.05) is 36.4 Å². The summed E-state index contributed by atoms with van der Waals surface area (Å²) in [5.74, 6) is -2.00. The third-order valence-corrected chi connectivity index (χ3v) is 4.31. The van der Waals surface area contributed by atoms with Gasteiger partial charge in [-0.15, -0.1) is 0 Å². The Labute approximate surface area is 122 Å². The summed E-state index contributed by atoms with van der Waals surface area (Å²) in [7, 11) is -3.47. The Bertz CT molecular complexity index is 703. The lowest BCUT2D eigenvalue weighted by Crippen LogP contribution is -2.26. The Hall–Kier alpha value is -1.79. The van der Waals surface area contributed by atoms with E-state index in [0.29, 0.717) is 12.0 Å². The topological polar surface area (TPSA) is 46.2 Å². The van der Waals surface area contributed by atoms with Crippen molar-refractivity contribution in [2.24, 2.45) is 0 Å². The van der Waals surface area contributed by atoms with E-state index in [0.717, 1.165) is 17.7 Å². The summed E-state index contributed by atoms with van der Waals surface area (Å²) in [5, 5.41) is 0. The van der Waals surface area contributed by atoms with Crippen molar-refractivity contribution < 1.29 is 17.2 Å². The Morgan fingerprint density at radius 1 is 0.905 bits per heavy atom. The van der Waals surface area contributed by atoms with Crippen molar-refractivity contribution >= 4 is 10.0 Å². The highest BCUT2D eigenvalue weighted by molar-refractivity contribution is 7.89. The summed E-state index contributed by atoms with van der Waals surface area (Å²) in [5.41, 5.74) is 1.30. The van der Waals surface area contributed by atoms with Crippen LogP contribution in [0, 0.1) is 11.6 Å². The lowest BCUT2D eigenvalue weighted by molar-refractivity contribution is 0.506. The van der Waals surface area contributed by atoms with Crippen LogP contribution < -0.4 is 4.72 Å². The van der Waals surface area contributed by atoms with Crippen molar-refractivity contribution in [3.8, 4) is 0 Å². The van der Waals surface area contributed by atoms with Crippen LogP contribution in [0.1, 0.15) is 11.1 Å². The first-order valence-electron chi connectivity index (χ1n) is 6.41. The highest BCUT2D eigenvalue weighted by atomic mass is 32.2. The van der Waals surface area contributed by atoms with E-state index in [9.17, 15) is 17.2 Å². The molecule has 0 unspecified atom stereocenters. The van der Waals surface area contributed by atoms with Gasteiger partial charge in [0.1, 0.15) is 0 Å². The molecule has 0 fully saturated rings. The summed E-state index contributed by atoms with van der Waals surface area (Å²) in [6.07, 6.45) is 0.397. The zero-order chi connectivity index (χ0) is 15.3. The lowest BCUT2D eigenvalue weighted by Gasteiger charge is -2.07. The van der Waals surface area contributed by atoms with Gasteiger partial charge in [0, 0.05) is 6.54 Å². The predicted octanol–water partition coefficient (Wildman–Crippen LogP) is 2.63. The fourth-order valence-electron chi connectivity index (χ4n) is 1.81. The van der Waals surface area contributed by atoms with Gasteiger partial charge in [0.15, 0.2) is 11.6 Å². The largest absolute Gasteiger partial charge is 0.212 e. The Morgan fingerprint density at radius 2 is 1.62 bits per heavy atom. The van der Waals surface area contributed by atoms with Gasteiger partial charge in [-0.25, -0.2) is 21.9 Å². The summed E-state index contributed by atoms with van der Waals surface area (Å²) < 4.78 is 51.9. The SMILES string of the molecule is O=S(=O)(CCc1ccccc1)NCc1ccc(F)c(F)c1. The minimum atomic E-state index is -3.47. The summed E-state index contributed by atoms with van der Waals surface area (Å²) in [6.45, 7) is -0.0612. The number of sulfonamides is 1. The van der Waals surface area contributed by atoms with Crippen LogP contribution in [0.15, 0.2) is 48.5 Å². The molecule has 0 bridgehead atoms. The molecule has 2 aromatic carbocycles. The maximum atomic E-state index is 13.0. The lowest BCUT2D eigenvalue weighted by atomic mass is 10.2. The molecular formula is C15H15F2NO2S. The van der Waals surface area contributed by atoms with Gasteiger partial charge in [-0.2, -0.15) is 0 Å². The minimum absolute atomic E-state index is 0.0549. The summed E-state index contributed by atoms with van der Waals surface area (Å²) >= 11 is 0. The highest BCUT2D eigenvalue weighted by Gasteiger charge is 2.11. The first-order chi connectivity index (χ1) is 9.96. The fraction of sp³-hybridized carbons (Fsp3) is 0.200. The molecule has 21 heavy (non-hydrogen) atoms. The molecule has 0 saturated carbocycles. The third-order valence-electron chi connectivity index (χ3n) is 2.98. The highest BCUT2D eigenvalue weighted by Crippen LogP contribution is 2.09. The maximum Gasteiger partial charge on any atom is 0.212 e. The molecule has 0 aliphatic heterocycles. The second-order valence-electron chi connectivity index (χ2n) is 4.62. The van der Waals surface area contributed by atoms with Crippen LogP contribution in [0.2, 0.25) is 0 Å². The van der Waals surface area contributed by atoms with Gasteiger partial charge < -0.3 is 0 Å². The van der Waals surface area contributed by atoms with Crippen LogP contribution in [-0.4, -0.2) is 14.2 Å². The van der Waals surface area contributed by atoms with Crippen LogP contribution in [-0.2, 0) is 23.0 Å². The Kier molecular flexibility index (Phi) is 5.03. The smallest absolute Gasteiger partial charge is 0.212 e. The van der Waals surface area contributed by atoms with Crippen molar-refractivity contribution in [2.45, 2.75) is 13.0 Å². The summed E-state index contributed by atoms with van der Waals surface area (Å²) in [6, 6.07) is 12.6. The quantitative estimate of drug-likeness (QED) is 0.891. The molecule has 0 spiro atoms. The van der Waals surface area contributed by atoms with Crippen molar-refractivity contribution in [3.05, 3.63) is 71.3 Å². The molecule has 0 atom stereocenters. The van der Waals surface area contributed by atoms with Crippen molar-refractivity contribution in [3.63, 3.8) is 0 Å². The van der Waals surface area contributed by atoms with Crippen molar-refractivity contribution in [1.29, 1.82) is 0 Å². The minimum Gasteiger partial charge on any atom is -0.212 e. The molecule has 112 valence electrons. The number of nitrogens with one attached hydrogen (secondary N) is 1. The van der Waals surface area contributed by atoms with Gasteiger partial charge >= 0.3 is 0 Å². The zero-order valence-electron chi connectivity index (χ0n) is 11.2. The maximum absolute atomic E-state index is 13.0. The van der Waals surface area contributed by atoms with Crippen molar-refractivity contribution in [2.75, 3.05) is 5.75 Å². The molecule has 0 saturated heterocycles. The van der Waals surface area contributed by atoms with Crippen LogP contribution in [0.5, 0.6) is 0 Å². The molecule has 0 aliphatic rings. The first kappa shape index (κ1) is 15.6. The van der Waals surface area contributed by atoms with E-state index in [1.807, 2.05) is 30.3 Å². The second kappa shape index (κ2) is 6.78. The Balaban J connectivity index is 1.90. The average molecular weight is 311 g/mol. The van der Waals surface area contributed by atoms with Crippen LogP contribution in [0.4, 0.5) is 8.78 Å². The van der Waals surface area contributed by atoms with E-state index in [1.54, 1.807) is 0 Å². The van der Waals surface area contributed by atoms with Gasteiger partial charge in [-0.05, 0) is 29.7 Å². The van der Waals surface area contributed by atoms with E-state index >= 15 is 0 Å². The van der Waals surface area contributed by atoms with E-state index in [2.05, 4.69) is 4.72 Å². The van der Waals surface area contributed by atoms with E-state index in [-0.39, 0.29) is 12.3 Å². The van der Waals surface area contributed by atoms with Crippen LogP contribution in [0.25, 0.3) is 0 Å². The normalized spacial score (nSPS) is 11.5. The third kappa shape index (κ3) is 4.91. The predicted molar refractivity (Wildman–Crippen MR) is 77.1 cm³/mol. The molecule has 0 heterocycles. The van der Waals surface area contributed by atoms with E-state index in [1.165, 1.54) is 6.07 Å². The molecule has 2 aromatic rings. The number of hydrogen-bond acceptors (Lipinski definition) is 2. The number of hydrogen-bond donors (Lipinski definition) is 1. The summed E-state index contributed by atoms with van der Waals surface area (Å²) in [4.78, 5) is 0. The van der Waals surface area contributed by atoms with E-state index in [4.69, 9.17) is 0 Å². The monoisotopic (exact) mass is 311 g/mol. The standard InChI is InChI=1S/C15H15F2NO2S/c16-14-7-6-13(10-15(14)17)11-18-21(19,20)9-8-12-4-2-1-3-5-12/h1-7,10,18H,8-9,11H2. The van der Waals surface area contributed by atoms with Gasteiger partial charge in [0.25, 0.3) is 0 Å². The molecular weight excluding hydrogens is 296 g/mol. The molecule has 6 heteroatoms. The van der Waals surface area contributed by atoms with Gasteiger partial charge in [-0.3, -0.25) is 0 Å². The van der Waals surface area contributed by atoms with E-state index < -0.39 is 21.7 Å². The first-order valence-corrected chi connectivity index (χ1v) is 8.07. The molecule has 0 aliphatic carbocycles.